The molecule has 10 nitrogen and oxygen atoms in total. The van der Waals surface area contributed by atoms with Crippen molar-refractivity contribution in [2.45, 2.75) is 32.2 Å². The quantitative estimate of drug-likeness (QED) is 0.557. The molecule has 1 aliphatic rings. The van der Waals surface area contributed by atoms with Crippen LogP contribution >= 0.6 is 0 Å². The molecule has 170 valence electrons. The van der Waals surface area contributed by atoms with Crippen LogP contribution in [0.3, 0.4) is 0 Å². The van der Waals surface area contributed by atoms with Crippen LogP contribution < -0.4 is 14.9 Å². The van der Waals surface area contributed by atoms with Crippen LogP contribution in [-0.2, 0) is 21.3 Å². The molecule has 2 N–H and O–H groups in total. The van der Waals surface area contributed by atoms with Gasteiger partial charge in [0.2, 0.25) is 0 Å². The summed E-state index contributed by atoms with van der Waals surface area (Å²) in [6.07, 6.45) is 1.74. The Kier molecular flexibility index (Phi) is 6.28. The Morgan fingerprint density at radius 1 is 1.09 bits per heavy atom. The van der Waals surface area contributed by atoms with Gasteiger partial charge in [-0.3, -0.25) is 9.40 Å². The minimum Gasteiger partial charge on any atom is -0.378 e. The van der Waals surface area contributed by atoms with Crippen LogP contribution in [0, 0.1) is 13.8 Å². The van der Waals surface area contributed by atoms with Crippen LogP contribution in [0.1, 0.15) is 18.3 Å². The molecular formula is C21H27N7O3S. The first-order valence-corrected chi connectivity index (χ1v) is 11.9. The van der Waals surface area contributed by atoms with Crippen LogP contribution in [0.2, 0.25) is 0 Å². The Bertz CT molecular complexity index is 1190. The molecule has 0 amide bonds. The van der Waals surface area contributed by atoms with Crippen molar-refractivity contribution in [3.05, 3.63) is 47.9 Å². The molecule has 3 heterocycles. The van der Waals surface area contributed by atoms with Crippen molar-refractivity contribution >= 4 is 32.9 Å². The third kappa shape index (κ3) is 4.68. The highest BCUT2D eigenvalue weighted by molar-refractivity contribution is 7.92. The molecule has 0 spiro atoms. The third-order valence-corrected chi connectivity index (χ3v) is 6.94. The van der Waals surface area contributed by atoms with E-state index in [4.69, 9.17) is 4.74 Å². The third-order valence-electron chi connectivity index (χ3n) is 5.31. The molecule has 1 aromatic carbocycles. The lowest BCUT2D eigenvalue weighted by Gasteiger charge is -2.28. The number of nitrogens with zero attached hydrogens (tertiary/aromatic N) is 5. The number of sulfonamides is 1. The van der Waals surface area contributed by atoms with Crippen molar-refractivity contribution in [1.82, 2.24) is 20.0 Å². The van der Waals surface area contributed by atoms with E-state index < -0.39 is 10.0 Å². The highest BCUT2D eigenvalue weighted by Crippen LogP contribution is 2.25. The van der Waals surface area contributed by atoms with E-state index in [0.717, 1.165) is 24.5 Å². The van der Waals surface area contributed by atoms with Crippen LogP contribution in [0.4, 0.5) is 22.9 Å². The molecule has 2 aromatic heterocycles. The normalized spacial score (nSPS) is 14.4. The van der Waals surface area contributed by atoms with Crippen LogP contribution in [-0.4, -0.2) is 54.7 Å². The van der Waals surface area contributed by atoms with Crippen molar-refractivity contribution in [2.24, 2.45) is 0 Å². The van der Waals surface area contributed by atoms with E-state index in [2.05, 4.69) is 30.2 Å². The molecule has 0 atom stereocenters. The number of hydrogen-bond donors (Lipinski definition) is 2. The Morgan fingerprint density at radius 3 is 2.44 bits per heavy atom. The fraction of sp³-hybridized carbons (Fsp3) is 0.381. The number of morpholine rings is 1. The lowest BCUT2D eigenvalue weighted by Crippen LogP contribution is -2.36. The van der Waals surface area contributed by atoms with Crippen molar-refractivity contribution < 1.29 is 13.2 Å². The first kappa shape index (κ1) is 22.0. The van der Waals surface area contributed by atoms with E-state index >= 15 is 0 Å². The summed E-state index contributed by atoms with van der Waals surface area (Å²) in [6.45, 7) is 9.02. The number of aryl methyl sites for hydroxylation is 2. The Balaban J connectivity index is 1.46. The zero-order chi connectivity index (χ0) is 22.7. The smallest absolute Gasteiger partial charge is 0.265 e. The molecule has 0 bridgehead atoms. The van der Waals surface area contributed by atoms with Crippen molar-refractivity contribution in [2.75, 3.05) is 41.2 Å². The maximum atomic E-state index is 12.9. The topological polar surface area (TPSA) is 114 Å². The van der Waals surface area contributed by atoms with Crippen molar-refractivity contribution in [3.8, 4) is 0 Å². The SMILES string of the molecule is CCn1nc(C)c(S(=O)(=O)Nc2ccc(Nc3cc(N4CCOCC4)cnn3)cc2)c1C. The highest BCUT2D eigenvalue weighted by Gasteiger charge is 2.24. The second-order valence-electron chi connectivity index (χ2n) is 7.52. The zero-order valence-electron chi connectivity index (χ0n) is 18.4. The number of rotatable bonds is 7. The van der Waals surface area contributed by atoms with Gasteiger partial charge in [0.1, 0.15) is 4.90 Å². The molecule has 1 aliphatic heterocycles. The first-order chi connectivity index (χ1) is 15.4. The van der Waals surface area contributed by atoms with Gasteiger partial charge < -0.3 is 15.0 Å². The maximum absolute atomic E-state index is 12.9. The summed E-state index contributed by atoms with van der Waals surface area (Å²) in [5.41, 5.74) is 3.32. The summed E-state index contributed by atoms with van der Waals surface area (Å²) in [7, 11) is -3.75. The van der Waals surface area contributed by atoms with Crippen LogP contribution in [0.15, 0.2) is 41.4 Å². The summed E-state index contributed by atoms with van der Waals surface area (Å²) in [5.74, 6) is 0.612. The van der Waals surface area contributed by atoms with Gasteiger partial charge in [0.05, 0.1) is 36.5 Å². The molecule has 3 aromatic rings. The van der Waals surface area contributed by atoms with Gasteiger partial charge in [-0.25, -0.2) is 8.42 Å². The zero-order valence-corrected chi connectivity index (χ0v) is 19.2. The Morgan fingerprint density at radius 2 is 1.78 bits per heavy atom. The first-order valence-electron chi connectivity index (χ1n) is 10.5. The summed E-state index contributed by atoms with van der Waals surface area (Å²) in [5, 5.41) is 15.7. The fourth-order valence-electron chi connectivity index (χ4n) is 3.76. The van der Waals surface area contributed by atoms with Gasteiger partial charge >= 0.3 is 0 Å². The predicted octanol–water partition coefficient (Wildman–Crippen LogP) is 2.69. The second kappa shape index (κ2) is 9.13. The number of nitrogens with one attached hydrogen (secondary N) is 2. The monoisotopic (exact) mass is 457 g/mol. The molecule has 4 rings (SSSR count). The molecule has 32 heavy (non-hydrogen) atoms. The number of ether oxygens (including phenoxy) is 1. The van der Waals surface area contributed by atoms with E-state index in [0.29, 0.717) is 42.7 Å². The van der Waals surface area contributed by atoms with Gasteiger partial charge in [0, 0.05) is 37.1 Å². The molecule has 0 unspecified atom stereocenters. The average molecular weight is 458 g/mol. The minimum absolute atomic E-state index is 0.219. The predicted molar refractivity (Wildman–Crippen MR) is 123 cm³/mol. The number of aromatic nitrogens is 4. The van der Waals surface area contributed by atoms with E-state index in [-0.39, 0.29) is 4.90 Å². The largest absolute Gasteiger partial charge is 0.378 e. The van der Waals surface area contributed by atoms with Gasteiger partial charge in [-0.1, -0.05) is 0 Å². The van der Waals surface area contributed by atoms with Gasteiger partial charge in [-0.05, 0) is 45.0 Å². The summed E-state index contributed by atoms with van der Waals surface area (Å²) in [6, 6.07) is 8.92. The van der Waals surface area contributed by atoms with Crippen LogP contribution in [0.5, 0.6) is 0 Å². The summed E-state index contributed by atoms with van der Waals surface area (Å²) in [4.78, 5) is 2.42. The summed E-state index contributed by atoms with van der Waals surface area (Å²) >= 11 is 0. The maximum Gasteiger partial charge on any atom is 0.265 e. The number of benzene rings is 1. The lowest BCUT2D eigenvalue weighted by molar-refractivity contribution is 0.122. The van der Waals surface area contributed by atoms with E-state index in [1.54, 1.807) is 49.0 Å². The lowest BCUT2D eigenvalue weighted by atomic mass is 10.3. The fourth-order valence-corrected chi connectivity index (χ4v) is 5.24. The molecular weight excluding hydrogens is 430 g/mol. The van der Waals surface area contributed by atoms with Crippen molar-refractivity contribution in [3.63, 3.8) is 0 Å². The van der Waals surface area contributed by atoms with Gasteiger partial charge in [-0.15, -0.1) is 5.10 Å². The molecule has 0 aliphatic carbocycles. The van der Waals surface area contributed by atoms with E-state index in [1.807, 2.05) is 13.0 Å². The minimum atomic E-state index is -3.75. The van der Waals surface area contributed by atoms with E-state index in [1.165, 1.54) is 0 Å². The molecule has 11 heteroatoms. The molecule has 1 fully saturated rings. The summed E-state index contributed by atoms with van der Waals surface area (Å²) < 4.78 is 35.6. The number of anilines is 4. The van der Waals surface area contributed by atoms with Crippen molar-refractivity contribution in [1.29, 1.82) is 0 Å². The molecule has 1 saturated heterocycles. The standard InChI is InChI=1S/C21H27N7O3S/c1-4-28-16(3)21(15(2)25-28)32(29,30)26-18-7-5-17(6-8-18)23-20-13-19(14-22-24-20)27-9-11-31-12-10-27/h5-8,13-14,26H,4,9-12H2,1-3H3,(H,23,24). The van der Waals surface area contributed by atoms with Gasteiger partial charge in [-0.2, -0.15) is 10.2 Å². The average Bonchev–Trinajstić information content (AvgIpc) is 3.09. The Hall–Kier alpha value is -3.18. The molecule has 0 radical (unpaired) electrons. The van der Waals surface area contributed by atoms with Crippen LogP contribution in [0.25, 0.3) is 0 Å². The van der Waals surface area contributed by atoms with Gasteiger partial charge in [0.25, 0.3) is 10.0 Å². The van der Waals surface area contributed by atoms with E-state index in [9.17, 15) is 8.42 Å². The molecule has 0 saturated carbocycles. The van der Waals surface area contributed by atoms with Gasteiger partial charge in [0.15, 0.2) is 5.82 Å². The number of hydrogen-bond acceptors (Lipinski definition) is 8. The Labute approximate surface area is 187 Å². The second-order valence-corrected chi connectivity index (χ2v) is 9.14. The highest BCUT2D eigenvalue weighted by atomic mass is 32.2.